The second kappa shape index (κ2) is 5.84. The first kappa shape index (κ1) is 13.4. The standard InChI is InChI=1S/C14H10BrN5O/c15-12-5-4-10(8-17-12)18-14(21)11-2-1-3-13(19-11)20-7-6-16-9-20/h1-9H,(H,18,21). The first-order valence-electron chi connectivity index (χ1n) is 6.11. The molecule has 104 valence electrons. The fourth-order valence-electron chi connectivity index (χ4n) is 1.73. The highest BCUT2D eigenvalue weighted by atomic mass is 79.9. The smallest absolute Gasteiger partial charge is 0.274 e. The molecular weight excluding hydrogens is 334 g/mol. The summed E-state index contributed by atoms with van der Waals surface area (Å²) in [5.74, 6) is 0.343. The van der Waals surface area contributed by atoms with Gasteiger partial charge in [-0.05, 0) is 40.2 Å². The molecule has 0 aromatic carbocycles. The molecule has 3 rings (SSSR count). The molecule has 7 heteroatoms. The first-order valence-corrected chi connectivity index (χ1v) is 6.90. The van der Waals surface area contributed by atoms with E-state index in [0.717, 1.165) is 0 Å². The van der Waals surface area contributed by atoms with E-state index < -0.39 is 0 Å². The number of nitrogens with zero attached hydrogens (tertiary/aromatic N) is 4. The molecule has 21 heavy (non-hydrogen) atoms. The van der Waals surface area contributed by atoms with Gasteiger partial charge in [-0.2, -0.15) is 0 Å². The summed E-state index contributed by atoms with van der Waals surface area (Å²) in [6.07, 6.45) is 6.62. The molecule has 0 bridgehead atoms. The van der Waals surface area contributed by atoms with Crippen molar-refractivity contribution in [2.24, 2.45) is 0 Å². The first-order chi connectivity index (χ1) is 10.2. The number of carbonyl (C=O) groups is 1. The molecule has 3 aromatic heterocycles. The van der Waals surface area contributed by atoms with Crippen molar-refractivity contribution >= 4 is 27.5 Å². The van der Waals surface area contributed by atoms with E-state index in [9.17, 15) is 4.79 Å². The van der Waals surface area contributed by atoms with Gasteiger partial charge in [-0.3, -0.25) is 9.36 Å². The van der Waals surface area contributed by atoms with Crippen LogP contribution in [0.4, 0.5) is 5.69 Å². The van der Waals surface area contributed by atoms with Gasteiger partial charge in [0.2, 0.25) is 0 Å². The van der Waals surface area contributed by atoms with Crippen molar-refractivity contribution in [3.63, 3.8) is 0 Å². The van der Waals surface area contributed by atoms with Crippen LogP contribution >= 0.6 is 15.9 Å². The van der Waals surface area contributed by atoms with Gasteiger partial charge in [-0.1, -0.05) is 6.07 Å². The molecule has 0 aliphatic rings. The zero-order valence-corrected chi connectivity index (χ0v) is 12.4. The van der Waals surface area contributed by atoms with E-state index in [1.807, 2.05) is 0 Å². The largest absolute Gasteiger partial charge is 0.319 e. The number of hydrogen-bond donors (Lipinski definition) is 1. The van der Waals surface area contributed by atoms with Gasteiger partial charge in [0.1, 0.15) is 22.4 Å². The van der Waals surface area contributed by atoms with Gasteiger partial charge >= 0.3 is 0 Å². The van der Waals surface area contributed by atoms with Gasteiger partial charge in [0.05, 0.1) is 11.9 Å². The number of halogens is 1. The van der Waals surface area contributed by atoms with Crippen molar-refractivity contribution in [1.82, 2.24) is 19.5 Å². The summed E-state index contributed by atoms with van der Waals surface area (Å²) >= 11 is 3.24. The molecule has 0 saturated heterocycles. The lowest BCUT2D eigenvalue weighted by Crippen LogP contribution is -2.14. The van der Waals surface area contributed by atoms with E-state index in [0.29, 0.717) is 21.8 Å². The Balaban J connectivity index is 1.81. The topological polar surface area (TPSA) is 72.7 Å². The Bertz CT molecular complexity index is 755. The van der Waals surface area contributed by atoms with Gasteiger partial charge in [-0.25, -0.2) is 15.0 Å². The molecule has 0 aliphatic carbocycles. The van der Waals surface area contributed by atoms with Crippen LogP contribution in [0.25, 0.3) is 5.82 Å². The maximum atomic E-state index is 12.2. The van der Waals surface area contributed by atoms with Crippen LogP contribution in [0.2, 0.25) is 0 Å². The van der Waals surface area contributed by atoms with E-state index in [-0.39, 0.29) is 5.91 Å². The third-order valence-corrected chi connectivity index (χ3v) is 3.19. The van der Waals surface area contributed by atoms with Crippen molar-refractivity contribution in [3.8, 4) is 5.82 Å². The molecule has 6 nitrogen and oxygen atoms in total. The van der Waals surface area contributed by atoms with Crippen molar-refractivity contribution < 1.29 is 4.79 Å². The minimum Gasteiger partial charge on any atom is -0.319 e. The Morgan fingerprint density at radius 2 is 2.14 bits per heavy atom. The SMILES string of the molecule is O=C(Nc1ccc(Br)nc1)c1cccc(-n2ccnc2)n1. The van der Waals surface area contributed by atoms with Crippen LogP contribution in [0.1, 0.15) is 10.5 Å². The molecule has 0 radical (unpaired) electrons. The Morgan fingerprint density at radius 3 is 2.86 bits per heavy atom. The van der Waals surface area contributed by atoms with Gasteiger partial charge in [0, 0.05) is 12.4 Å². The number of hydrogen-bond acceptors (Lipinski definition) is 4. The minimum absolute atomic E-state index is 0.291. The number of nitrogens with one attached hydrogen (secondary N) is 1. The fraction of sp³-hybridized carbons (Fsp3) is 0. The Hall–Kier alpha value is -2.54. The maximum absolute atomic E-state index is 12.2. The predicted molar refractivity (Wildman–Crippen MR) is 81.2 cm³/mol. The third kappa shape index (κ3) is 3.14. The highest BCUT2D eigenvalue weighted by molar-refractivity contribution is 9.10. The summed E-state index contributed by atoms with van der Waals surface area (Å²) in [6.45, 7) is 0. The predicted octanol–water partition coefficient (Wildman–Crippen LogP) is 2.68. The summed E-state index contributed by atoms with van der Waals surface area (Å²) in [4.78, 5) is 24.5. The molecule has 1 N–H and O–H groups in total. The summed E-state index contributed by atoms with van der Waals surface area (Å²) in [5, 5.41) is 2.75. The summed E-state index contributed by atoms with van der Waals surface area (Å²) < 4.78 is 2.44. The number of aromatic nitrogens is 4. The zero-order chi connectivity index (χ0) is 14.7. The van der Waals surface area contributed by atoms with E-state index in [1.165, 1.54) is 0 Å². The van der Waals surface area contributed by atoms with Gasteiger partial charge in [0.15, 0.2) is 0 Å². The Kier molecular flexibility index (Phi) is 3.74. The van der Waals surface area contributed by atoms with Crippen LogP contribution in [0.5, 0.6) is 0 Å². The van der Waals surface area contributed by atoms with E-state index in [2.05, 4.69) is 36.2 Å². The monoisotopic (exact) mass is 343 g/mol. The molecule has 0 spiro atoms. The summed E-state index contributed by atoms with van der Waals surface area (Å²) in [5.41, 5.74) is 0.933. The number of rotatable bonds is 3. The number of amides is 1. The summed E-state index contributed by atoms with van der Waals surface area (Å²) in [6, 6.07) is 8.75. The van der Waals surface area contributed by atoms with Gasteiger partial charge < -0.3 is 5.32 Å². The van der Waals surface area contributed by atoms with Gasteiger partial charge in [-0.15, -0.1) is 0 Å². The summed E-state index contributed by atoms with van der Waals surface area (Å²) in [7, 11) is 0. The van der Waals surface area contributed by atoms with Crippen LogP contribution < -0.4 is 5.32 Å². The molecule has 0 aliphatic heterocycles. The average Bonchev–Trinajstić information content (AvgIpc) is 3.04. The van der Waals surface area contributed by atoms with Crippen LogP contribution in [0, 0.1) is 0 Å². The van der Waals surface area contributed by atoms with Crippen molar-refractivity contribution in [2.75, 3.05) is 5.32 Å². The number of carbonyl (C=O) groups excluding carboxylic acids is 1. The second-order valence-electron chi connectivity index (χ2n) is 4.17. The quantitative estimate of drug-likeness (QED) is 0.742. The molecule has 3 heterocycles. The lowest BCUT2D eigenvalue weighted by Gasteiger charge is -2.06. The lowest BCUT2D eigenvalue weighted by molar-refractivity contribution is 0.102. The third-order valence-electron chi connectivity index (χ3n) is 2.72. The molecule has 0 atom stereocenters. The van der Waals surface area contributed by atoms with Gasteiger partial charge in [0.25, 0.3) is 5.91 Å². The van der Waals surface area contributed by atoms with Crippen LogP contribution in [-0.2, 0) is 0 Å². The number of pyridine rings is 2. The maximum Gasteiger partial charge on any atom is 0.274 e. The molecule has 0 fully saturated rings. The van der Waals surface area contributed by atoms with Crippen molar-refractivity contribution in [2.45, 2.75) is 0 Å². The molecule has 0 unspecified atom stereocenters. The Labute approximate surface area is 129 Å². The van der Waals surface area contributed by atoms with E-state index in [4.69, 9.17) is 0 Å². The van der Waals surface area contributed by atoms with Crippen molar-refractivity contribution in [3.05, 3.63) is 65.5 Å². The number of imidazole rings is 1. The normalized spacial score (nSPS) is 10.3. The molecular formula is C14H10BrN5O. The highest BCUT2D eigenvalue weighted by Gasteiger charge is 2.09. The minimum atomic E-state index is -0.291. The van der Waals surface area contributed by atoms with E-state index >= 15 is 0 Å². The van der Waals surface area contributed by atoms with Crippen molar-refractivity contribution in [1.29, 1.82) is 0 Å². The Morgan fingerprint density at radius 1 is 1.24 bits per heavy atom. The second-order valence-corrected chi connectivity index (χ2v) is 4.99. The molecule has 3 aromatic rings. The zero-order valence-electron chi connectivity index (χ0n) is 10.8. The molecule has 0 saturated carbocycles. The van der Waals surface area contributed by atoms with Crippen LogP contribution in [0.3, 0.4) is 0 Å². The lowest BCUT2D eigenvalue weighted by atomic mass is 10.3. The van der Waals surface area contributed by atoms with Crippen LogP contribution in [0.15, 0.2) is 59.9 Å². The van der Waals surface area contributed by atoms with E-state index in [1.54, 1.807) is 59.8 Å². The fourth-order valence-corrected chi connectivity index (χ4v) is 1.97. The van der Waals surface area contributed by atoms with Crippen LogP contribution in [-0.4, -0.2) is 25.4 Å². The number of anilines is 1. The average molecular weight is 344 g/mol. The highest BCUT2D eigenvalue weighted by Crippen LogP contribution is 2.12. The molecule has 1 amide bonds.